The molecule has 258 valence electrons. The number of nitrogens with zero attached hydrogens (tertiary/aromatic N) is 2. The van der Waals surface area contributed by atoms with Gasteiger partial charge in [0.25, 0.3) is 0 Å². The van der Waals surface area contributed by atoms with Crippen LogP contribution in [0.1, 0.15) is 18.1 Å². The van der Waals surface area contributed by atoms with Crippen LogP contribution in [-0.2, 0) is 27.4 Å². The number of amides is 1. The molecule has 0 aliphatic carbocycles. The fourth-order valence-corrected chi connectivity index (χ4v) is 5.30. The normalized spacial score (nSPS) is 19.4. The number of benzene rings is 1. The van der Waals surface area contributed by atoms with Crippen molar-refractivity contribution in [3.05, 3.63) is 29.3 Å². The highest BCUT2D eigenvalue weighted by Crippen LogP contribution is 2.20. The summed E-state index contributed by atoms with van der Waals surface area (Å²) in [5.41, 5.74) is 2.56. The van der Waals surface area contributed by atoms with Gasteiger partial charge in [0.05, 0.1) is 26.4 Å². The lowest BCUT2D eigenvalue weighted by Crippen LogP contribution is -2.41. The van der Waals surface area contributed by atoms with E-state index in [2.05, 4.69) is 65.2 Å². The number of nitrogens with one attached hydrogen (secondary N) is 7. The zero-order valence-electron chi connectivity index (χ0n) is 27.7. The van der Waals surface area contributed by atoms with Gasteiger partial charge in [0, 0.05) is 131 Å². The van der Waals surface area contributed by atoms with Gasteiger partial charge in [-0.2, -0.15) is 0 Å². The third-order valence-electron chi connectivity index (χ3n) is 7.66. The summed E-state index contributed by atoms with van der Waals surface area (Å²) in [5, 5.41) is 24.0. The van der Waals surface area contributed by atoms with E-state index in [1.54, 1.807) is 0 Å². The SMILES string of the molecule is CC(=O)NCCOCCOCCOc1cc(CN2CCNCCNCCNCC2)cc(CN2CCNCCNCCNCC2)c1. The van der Waals surface area contributed by atoms with Crippen LogP contribution in [0.3, 0.4) is 0 Å². The second kappa shape index (κ2) is 25.2. The molecule has 2 saturated heterocycles. The van der Waals surface area contributed by atoms with Crippen molar-refractivity contribution in [2.24, 2.45) is 0 Å². The van der Waals surface area contributed by atoms with Crippen molar-refractivity contribution >= 4 is 5.91 Å². The van der Waals surface area contributed by atoms with Crippen LogP contribution >= 0.6 is 0 Å². The van der Waals surface area contributed by atoms with E-state index in [4.69, 9.17) is 14.2 Å². The average molecular weight is 636 g/mol. The first kappa shape index (κ1) is 37.5. The van der Waals surface area contributed by atoms with Gasteiger partial charge in [0.2, 0.25) is 5.91 Å². The second-order valence-corrected chi connectivity index (χ2v) is 11.6. The quantitative estimate of drug-likeness (QED) is 0.119. The maximum Gasteiger partial charge on any atom is 0.216 e. The molecular formula is C32H61N9O4. The molecule has 0 bridgehead atoms. The Morgan fingerprint density at radius 1 is 0.600 bits per heavy atom. The van der Waals surface area contributed by atoms with Crippen LogP contribution in [0.5, 0.6) is 5.75 Å². The number of hydrogen-bond acceptors (Lipinski definition) is 12. The molecule has 0 aromatic heterocycles. The number of carbonyl (C=O) groups excluding carboxylic acids is 1. The van der Waals surface area contributed by atoms with Gasteiger partial charge in [-0.15, -0.1) is 0 Å². The Kier molecular flexibility index (Phi) is 21.0. The molecule has 2 aliphatic rings. The molecule has 2 aliphatic heterocycles. The van der Waals surface area contributed by atoms with Crippen LogP contribution in [0.25, 0.3) is 0 Å². The first-order valence-corrected chi connectivity index (χ1v) is 17.0. The molecule has 13 nitrogen and oxygen atoms in total. The Morgan fingerprint density at radius 2 is 1.00 bits per heavy atom. The second-order valence-electron chi connectivity index (χ2n) is 11.6. The molecule has 7 N–H and O–H groups in total. The maximum atomic E-state index is 10.9. The average Bonchev–Trinajstić information content (AvgIpc) is 3.00. The molecule has 13 heteroatoms. The minimum Gasteiger partial charge on any atom is -0.491 e. The Hall–Kier alpha value is -1.91. The lowest BCUT2D eigenvalue weighted by atomic mass is 10.1. The van der Waals surface area contributed by atoms with Gasteiger partial charge in [0.15, 0.2) is 0 Å². The van der Waals surface area contributed by atoms with Crippen molar-refractivity contribution in [3.63, 3.8) is 0 Å². The van der Waals surface area contributed by atoms with E-state index in [0.717, 1.165) is 124 Å². The molecule has 1 aromatic carbocycles. The van der Waals surface area contributed by atoms with Crippen molar-refractivity contribution in [3.8, 4) is 5.75 Å². The van der Waals surface area contributed by atoms with Crippen LogP contribution in [0, 0.1) is 0 Å². The Bertz CT molecular complexity index is 824. The topological polar surface area (TPSA) is 135 Å². The monoisotopic (exact) mass is 635 g/mol. The summed E-state index contributed by atoms with van der Waals surface area (Å²) in [4.78, 5) is 16.0. The van der Waals surface area contributed by atoms with Crippen LogP contribution in [0.2, 0.25) is 0 Å². The molecule has 3 rings (SSSR count). The van der Waals surface area contributed by atoms with Gasteiger partial charge < -0.3 is 51.4 Å². The van der Waals surface area contributed by atoms with Gasteiger partial charge in [0.1, 0.15) is 12.4 Å². The fraction of sp³-hybridized carbons (Fsp3) is 0.781. The van der Waals surface area contributed by atoms with E-state index >= 15 is 0 Å². The molecule has 1 amide bonds. The van der Waals surface area contributed by atoms with Crippen molar-refractivity contribution in [1.29, 1.82) is 0 Å². The molecule has 45 heavy (non-hydrogen) atoms. The molecule has 0 unspecified atom stereocenters. The van der Waals surface area contributed by atoms with Crippen LogP contribution in [0.4, 0.5) is 0 Å². The highest BCUT2D eigenvalue weighted by molar-refractivity contribution is 5.72. The van der Waals surface area contributed by atoms with E-state index in [0.29, 0.717) is 39.6 Å². The van der Waals surface area contributed by atoms with Crippen molar-refractivity contribution < 1.29 is 19.0 Å². The van der Waals surface area contributed by atoms with Crippen molar-refractivity contribution in [2.75, 3.05) is 144 Å². The largest absolute Gasteiger partial charge is 0.491 e. The van der Waals surface area contributed by atoms with E-state index in [1.165, 1.54) is 18.1 Å². The Labute approximate surface area is 271 Å². The maximum absolute atomic E-state index is 10.9. The number of ether oxygens (including phenoxy) is 3. The lowest BCUT2D eigenvalue weighted by molar-refractivity contribution is -0.119. The number of hydrogen-bond donors (Lipinski definition) is 7. The molecular weight excluding hydrogens is 574 g/mol. The predicted octanol–water partition coefficient (Wildman–Crippen LogP) is -1.60. The van der Waals surface area contributed by atoms with Gasteiger partial charge in [-0.3, -0.25) is 14.6 Å². The Balaban J connectivity index is 1.57. The van der Waals surface area contributed by atoms with E-state index in [1.807, 2.05) is 0 Å². The summed E-state index contributed by atoms with van der Waals surface area (Å²) in [6, 6.07) is 6.76. The molecule has 2 heterocycles. The summed E-state index contributed by atoms with van der Waals surface area (Å²) in [7, 11) is 0. The highest BCUT2D eigenvalue weighted by atomic mass is 16.5. The van der Waals surface area contributed by atoms with Gasteiger partial charge >= 0.3 is 0 Å². The predicted molar refractivity (Wildman–Crippen MR) is 180 cm³/mol. The number of rotatable bonds is 14. The van der Waals surface area contributed by atoms with Crippen LogP contribution in [-0.4, -0.2) is 160 Å². The minimum atomic E-state index is -0.0465. The zero-order chi connectivity index (χ0) is 31.6. The number of carbonyl (C=O) groups is 1. The van der Waals surface area contributed by atoms with Crippen molar-refractivity contribution in [1.82, 2.24) is 47.0 Å². The first-order chi connectivity index (χ1) is 22.2. The Morgan fingerprint density at radius 3 is 1.44 bits per heavy atom. The van der Waals surface area contributed by atoms with Gasteiger partial charge in [-0.05, 0) is 23.3 Å². The first-order valence-electron chi connectivity index (χ1n) is 17.0. The third kappa shape index (κ3) is 19.4. The molecule has 2 fully saturated rings. The van der Waals surface area contributed by atoms with Crippen molar-refractivity contribution in [2.45, 2.75) is 20.0 Å². The van der Waals surface area contributed by atoms with Gasteiger partial charge in [-0.25, -0.2) is 0 Å². The summed E-state index contributed by atoms with van der Waals surface area (Å²) in [5.74, 6) is 0.848. The van der Waals surface area contributed by atoms with E-state index in [9.17, 15) is 4.79 Å². The molecule has 0 spiro atoms. The fourth-order valence-electron chi connectivity index (χ4n) is 5.30. The molecule has 0 radical (unpaired) electrons. The third-order valence-corrected chi connectivity index (χ3v) is 7.66. The molecule has 1 aromatic rings. The minimum absolute atomic E-state index is 0.0465. The summed E-state index contributed by atoms with van der Waals surface area (Å²) in [6.45, 7) is 22.1. The smallest absolute Gasteiger partial charge is 0.216 e. The van der Waals surface area contributed by atoms with Crippen LogP contribution < -0.4 is 42.0 Å². The summed E-state index contributed by atoms with van der Waals surface area (Å²) >= 11 is 0. The van der Waals surface area contributed by atoms with Crippen LogP contribution in [0.15, 0.2) is 18.2 Å². The zero-order valence-corrected chi connectivity index (χ0v) is 27.7. The molecule has 0 atom stereocenters. The standard InChI is InChI=1S/C32H61N9O4/c1-29(42)39-14-19-43-20-21-44-22-23-45-32-25-30(27-40-15-10-35-6-2-33-3-7-36-11-16-40)24-31(26-32)28-41-17-12-37-8-4-34-5-9-38-13-18-41/h24-26,33-38H,2-23,27-28H2,1H3,(H,39,42). The van der Waals surface area contributed by atoms with Gasteiger partial charge in [-0.1, -0.05) is 6.07 Å². The summed E-state index contributed by atoms with van der Waals surface area (Å²) < 4.78 is 17.5. The summed E-state index contributed by atoms with van der Waals surface area (Å²) in [6.07, 6.45) is 0. The lowest BCUT2D eigenvalue weighted by Gasteiger charge is -2.26. The molecule has 0 saturated carbocycles. The highest BCUT2D eigenvalue weighted by Gasteiger charge is 2.13. The van der Waals surface area contributed by atoms with E-state index in [-0.39, 0.29) is 5.91 Å². The van der Waals surface area contributed by atoms with E-state index < -0.39 is 0 Å².